The lowest BCUT2D eigenvalue weighted by molar-refractivity contribution is 0.0724. The Labute approximate surface area is 124 Å². The van der Waals surface area contributed by atoms with E-state index in [0.29, 0.717) is 24.0 Å². The minimum absolute atomic E-state index is 0.0157. The van der Waals surface area contributed by atoms with E-state index in [1.54, 1.807) is 12.1 Å². The molecule has 0 radical (unpaired) electrons. The summed E-state index contributed by atoms with van der Waals surface area (Å²) in [4.78, 5) is 18.7. The fourth-order valence-electron chi connectivity index (χ4n) is 2.32. The SMILES string of the molecule is Cc1ccc(CN(C(=O)c2ccc(N)cn2)C2CC2)cc1. The summed E-state index contributed by atoms with van der Waals surface area (Å²) in [6.45, 7) is 2.70. The number of benzene rings is 1. The zero-order valence-corrected chi connectivity index (χ0v) is 12.1. The van der Waals surface area contributed by atoms with Gasteiger partial charge >= 0.3 is 0 Å². The van der Waals surface area contributed by atoms with Gasteiger partial charge in [-0.3, -0.25) is 4.79 Å². The maximum atomic E-state index is 12.6. The van der Waals surface area contributed by atoms with Crippen molar-refractivity contribution in [1.29, 1.82) is 0 Å². The first-order chi connectivity index (χ1) is 10.1. The quantitative estimate of drug-likeness (QED) is 0.937. The topological polar surface area (TPSA) is 59.2 Å². The number of pyridine rings is 1. The summed E-state index contributed by atoms with van der Waals surface area (Å²) in [6.07, 6.45) is 3.68. The average molecular weight is 281 g/mol. The van der Waals surface area contributed by atoms with Gasteiger partial charge in [0.05, 0.1) is 11.9 Å². The molecular formula is C17H19N3O. The first kappa shape index (κ1) is 13.6. The number of carbonyl (C=O) groups is 1. The van der Waals surface area contributed by atoms with Crippen molar-refractivity contribution in [2.45, 2.75) is 32.4 Å². The molecule has 2 aromatic rings. The second-order valence-electron chi connectivity index (χ2n) is 5.63. The molecule has 1 aliphatic rings. The summed E-state index contributed by atoms with van der Waals surface area (Å²) in [6, 6.07) is 12.1. The van der Waals surface area contributed by atoms with Crippen molar-refractivity contribution < 1.29 is 4.79 Å². The van der Waals surface area contributed by atoms with Crippen molar-refractivity contribution in [2.24, 2.45) is 0 Å². The molecule has 4 nitrogen and oxygen atoms in total. The summed E-state index contributed by atoms with van der Waals surface area (Å²) >= 11 is 0. The maximum Gasteiger partial charge on any atom is 0.272 e. The summed E-state index contributed by atoms with van der Waals surface area (Å²) in [5, 5.41) is 0. The Kier molecular flexibility index (Phi) is 3.60. The van der Waals surface area contributed by atoms with Gasteiger partial charge in [-0.1, -0.05) is 29.8 Å². The van der Waals surface area contributed by atoms with E-state index in [1.165, 1.54) is 11.8 Å². The third-order valence-corrected chi connectivity index (χ3v) is 3.73. The molecule has 0 unspecified atom stereocenters. The Morgan fingerprint density at radius 3 is 2.52 bits per heavy atom. The molecule has 0 spiro atoms. The lowest BCUT2D eigenvalue weighted by Crippen LogP contribution is -2.33. The number of aromatic nitrogens is 1. The molecular weight excluding hydrogens is 262 g/mol. The number of anilines is 1. The van der Waals surface area contributed by atoms with Crippen LogP contribution in [0.3, 0.4) is 0 Å². The summed E-state index contributed by atoms with van der Waals surface area (Å²) in [5.74, 6) is -0.0157. The number of carbonyl (C=O) groups excluding carboxylic acids is 1. The highest BCUT2D eigenvalue weighted by Gasteiger charge is 2.33. The minimum Gasteiger partial charge on any atom is -0.397 e. The van der Waals surface area contributed by atoms with Crippen molar-refractivity contribution >= 4 is 11.6 Å². The van der Waals surface area contributed by atoms with Crippen LogP contribution < -0.4 is 5.73 Å². The molecule has 0 saturated heterocycles. The molecule has 1 amide bonds. The number of nitrogens with zero attached hydrogens (tertiary/aromatic N) is 2. The molecule has 0 bridgehead atoms. The van der Waals surface area contributed by atoms with E-state index in [4.69, 9.17) is 5.73 Å². The molecule has 108 valence electrons. The number of rotatable bonds is 4. The molecule has 1 aromatic heterocycles. The highest BCUT2D eigenvalue weighted by atomic mass is 16.2. The molecule has 21 heavy (non-hydrogen) atoms. The van der Waals surface area contributed by atoms with Gasteiger partial charge in [-0.2, -0.15) is 0 Å². The Morgan fingerprint density at radius 1 is 1.24 bits per heavy atom. The fraction of sp³-hybridized carbons (Fsp3) is 0.294. The number of hydrogen-bond acceptors (Lipinski definition) is 3. The molecule has 0 atom stereocenters. The van der Waals surface area contributed by atoms with Crippen LogP contribution in [0.5, 0.6) is 0 Å². The van der Waals surface area contributed by atoms with E-state index in [1.807, 2.05) is 4.90 Å². The number of nitrogens with two attached hydrogens (primary N) is 1. The Bertz CT molecular complexity index is 630. The molecule has 1 aromatic carbocycles. The van der Waals surface area contributed by atoms with Crippen molar-refractivity contribution in [3.8, 4) is 0 Å². The van der Waals surface area contributed by atoms with Gasteiger partial charge in [0.1, 0.15) is 5.69 Å². The average Bonchev–Trinajstić information content (AvgIpc) is 3.31. The van der Waals surface area contributed by atoms with Gasteiger partial charge in [0.2, 0.25) is 0 Å². The molecule has 3 rings (SSSR count). The van der Waals surface area contributed by atoms with Crippen LogP contribution in [-0.2, 0) is 6.54 Å². The predicted octanol–water partition coefficient (Wildman–Crippen LogP) is 2.78. The van der Waals surface area contributed by atoms with Gasteiger partial charge in [-0.15, -0.1) is 0 Å². The molecule has 4 heteroatoms. The first-order valence-electron chi connectivity index (χ1n) is 7.21. The van der Waals surface area contributed by atoms with Crippen LogP contribution >= 0.6 is 0 Å². The molecule has 1 fully saturated rings. The molecule has 2 N–H and O–H groups in total. The normalized spacial score (nSPS) is 14.0. The van der Waals surface area contributed by atoms with E-state index >= 15 is 0 Å². The third-order valence-electron chi connectivity index (χ3n) is 3.73. The van der Waals surface area contributed by atoms with Gasteiger partial charge < -0.3 is 10.6 Å². The maximum absolute atomic E-state index is 12.6. The second-order valence-corrected chi connectivity index (χ2v) is 5.63. The van der Waals surface area contributed by atoms with Crippen LogP contribution in [0.2, 0.25) is 0 Å². The van der Waals surface area contributed by atoms with Crippen molar-refractivity contribution in [3.05, 3.63) is 59.4 Å². The van der Waals surface area contributed by atoms with Crippen LogP contribution in [0.15, 0.2) is 42.6 Å². The largest absolute Gasteiger partial charge is 0.397 e. The number of amides is 1. The Hall–Kier alpha value is -2.36. The van der Waals surface area contributed by atoms with Crippen LogP contribution in [0.4, 0.5) is 5.69 Å². The number of hydrogen-bond donors (Lipinski definition) is 1. The summed E-state index contributed by atoms with van der Waals surface area (Å²) < 4.78 is 0. The van der Waals surface area contributed by atoms with Crippen LogP contribution in [0.1, 0.15) is 34.5 Å². The first-order valence-corrected chi connectivity index (χ1v) is 7.21. The van der Waals surface area contributed by atoms with Gasteiger partial charge in [-0.25, -0.2) is 4.98 Å². The van der Waals surface area contributed by atoms with E-state index in [0.717, 1.165) is 18.4 Å². The third kappa shape index (κ3) is 3.21. The van der Waals surface area contributed by atoms with Gasteiger partial charge in [0.15, 0.2) is 0 Å². The minimum atomic E-state index is -0.0157. The van der Waals surface area contributed by atoms with Crippen LogP contribution in [-0.4, -0.2) is 21.8 Å². The highest BCUT2D eigenvalue weighted by Crippen LogP contribution is 2.29. The number of aryl methyl sites for hydroxylation is 1. The second kappa shape index (κ2) is 5.56. The summed E-state index contributed by atoms with van der Waals surface area (Å²) in [5.41, 5.74) is 9.03. The van der Waals surface area contributed by atoms with Crippen molar-refractivity contribution in [2.75, 3.05) is 5.73 Å². The lowest BCUT2D eigenvalue weighted by atomic mass is 10.1. The zero-order chi connectivity index (χ0) is 14.8. The molecule has 1 heterocycles. The monoisotopic (exact) mass is 281 g/mol. The molecule has 1 aliphatic carbocycles. The van der Waals surface area contributed by atoms with E-state index < -0.39 is 0 Å². The van der Waals surface area contributed by atoms with Crippen LogP contribution in [0.25, 0.3) is 0 Å². The van der Waals surface area contributed by atoms with Gasteiger partial charge in [0, 0.05) is 12.6 Å². The lowest BCUT2D eigenvalue weighted by Gasteiger charge is -2.22. The van der Waals surface area contributed by atoms with Gasteiger partial charge in [-0.05, 0) is 37.5 Å². The predicted molar refractivity (Wildman–Crippen MR) is 82.7 cm³/mol. The molecule has 1 saturated carbocycles. The zero-order valence-electron chi connectivity index (χ0n) is 12.1. The van der Waals surface area contributed by atoms with Crippen molar-refractivity contribution in [3.63, 3.8) is 0 Å². The van der Waals surface area contributed by atoms with E-state index in [-0.39, 0.29) is 5.91 Å². The Morgan fingerprint density at radius 2 is 1.95 bits per heavy atom. The standard InChI is InChI=1S/C17H19N3O/c1-12-2-4-13(5-3-12)11-20(15-7-8-15)17(21)16-9-6-14(18)10-19-16/h2-6,9-10,15H,7-8,11,18H2,1H3. The highest BCUT2D eigenvalue weighted by molar-refractivity contribution is 5.92. The number of nitrogen functional groups attached to an aromatic ring is 1. The van der Waals surface area contributed by atoms with Crippen molar-refractivity contribution in [1.82, 2.24) is 9.88 Å². The Balaban J connectivity index is 1.79. The summed E-state index contributed by atoms with van der Waals surface area (Å²) in [7, 11) is 0. The van der Waals surface area contributed by atoms with E-state index in [9.17, 15) is 4.79 Å². The van der Waals surface area contributed by atoms with Crippen LogP contribution in [0, 0.1) is 6.92 Å². The fourth-order valence-corrected chi connectivity index (χ4v) is 2.32. The smallest absolute Gasteiger partial charge is 0.272 e. The van der Waals surface area contributed by atoms with Gasteiger partial charge in [0.25, 0.3) is 5.91 Å². The molecule has 0 aliphatic heterocycles. The van der Waals surface area contributed by atoms with E-state index in [2.05, 4.69) is 36.2 Å².